The molecule has 0 aliphatic rings. The van der Waals surface area contributed by atoms with Crippen molar-refractivity contribution in [2.75, 3.05) is 36.7 Å². The number of fused-ring (bicyclic) bond motifs is 1. The number of rotatable bonds is 8. The number of benzene rings is 3. The van der Waals surface area contributed by atoms with Crippen LogP contribution in [0.1, 0.15) is 33.5 Å². The van der Waals surface area contributed by atoms with Gasteiger partial charge in [-0.05, 0) is 47.4 Å². The molecule has 46 heavy (non-hydrogen) atoms. The van der Waals surface area contributed by atoms with E-state index < -0.39 is 6.03 Å². The number of methoxy groups -OCH3 is 1. The summed E-state index contributed by atoms with van der Waals surface area (Å²) in [5.74, 6) is 2.38. The lowest BCUT2D eigenvalue weighted by atomic mass is 9.92. The number of amides is 3. The second-order valence-corrected chi connectivity index (χ2v) is 11.6. The fourth-order valence-electron chi connectivity index (χ4n) is 4.55. The highest BCUT2D eigenvalue weighted by atomic mass is 127. The number of carbonyl (C=O) groups excluding carboxylic acids is 2. The molecule has 5 rings (SSSR count). The number of anilines is 2. The minimum Gasteiger partial charge on any atom is -0.497 e. The largest absolute Gasteiger partial charge is 0.497 e. The van der Waals surface area contributed by atoms with E-state index in [9.17, 15) is 9.59 Å². The van der Waals surface area contributed by atoms with Crippen molar-refractivity contribution < 1.29 is 20.4 Å². The van der Waals surface area contributed by atoms with Gasteiger partial charge in [0.1, 0.15) is 23.1 Å². The molecule has 0 fully saturated rings. The monoisotopic (exact) mass is 735 g/mol. The molecule has 0 unspecified atom stereocenters. The Morgan fingerprint density at radius 3 is 2.30 bits per heavy atom. The van der Waals surface area contributed by atoms with Crippen LogP contribution < -0.4 is 20.1 Å². The Bertz CT molecular complexity index is 1840. The van der Waals surface area contributed by atoms with Crippen molar-refractivity contribution in [1.29, 1.82) is 0 Å². The van der Waals surface area contributed by atoms with Gasteiger partial charge >= 0.3 is 6.03 Å². The Kier molecular flexibility index (Phi) is 10.7. The van der Waals surface area contributed by atoms with E-state index in [1.807, 2.05) is 83.3 Å². The van der Waals surface area contributed by atoms with Crippen LogP contribution in [0, 0.1) is 0 Å². The molecule has 3 amide bonds. The summed E-state index contributed by atoms with van der Waals surface area (Å²) in [5.41, 5.74) is 2.62. The second-order valence-electron chi connectivity index (χ2n) is 11.6. The fourth-order valence-corrected chi connectivity index (χ4v) is 4.55. The number of hydrogen-bond acceptors (Lipinski definition) is 6. The van der Waals surface area contributed by atoms with E-state index in [0.717, 1.165) is 27.9 Å². The summed E-state index contributed by atoms with van der Waals surface area (Å²) in [7, 11) is 5.04. The summed E-state index contributed by atoms with van der Waals surface area (Å²) in [6.07, 6.45) is 1.80. The Labute approximate surface area is 284 Å². The number of halogens is 1. The zero-order chi connectivity index (χ0) is 34.1. The van der Waals surface area contributed by atoms with Gasteiger partial charge in [0.25, 0.3) is 0 Å². The molecule has 11 heteroatoms. The second kappa shape index (κ2) is 15.1. The Balaban J connectivity index is 0.00000160. The highest BCUT2D eigenvalue weighted by molar-refractivity contribution is 14.1. The van der Waals surface area contributed by atoms with Crippen LogP contribution >= 0.6 is 22.6 Å². The summed E-state index contributed by atoms with van der Waals surface area (Å²) in [4.78, 5) is 31.8. The molecule has 3 aromatic carbocycles. The first-order chi connectivity index (χ1) is 22.4. The van der Waals surface area contributed by atoms with Crippen LogP contribution in [0.5, 0.6) is 17.2 Å². The molecule has 0 spiro atoms. The van der Waals surface area contributed by atoms with Gasteiger partial charge in [-0.15, -0.1) is 0 Å². The van der Waals surface area contributed by atoms with Crippen molar-refractivity contribution in [3.63, 3.8) is 0 Å². The number of aromatic nitrogens is 3. The molecule has 0 saturated heterocycles. The van der Waals surface area contributed by atoms with E-state index in [1.54, 1.807) is 50.3 Å². The molecule has 240 valence electrons. The van der Waals surface area contributed by atoms with Crippen LogP contribution in [0.3, 0.4) is 0 Å². The number of alkyl halides is 1. The van der Waals surface area contributed by atoms with Crippen LogP contribution in [0.4, 0.5) is 16.3 Å². The molecule has 0 saturated carbocycles. The smallest absolute Gasteiger partial charge is 0.324 e. The predicted octanol–water partition coefficient (Wildman–Crippen LogP) is 7.84. The maximum atomic E-state index is 13.4. The van der Waals surface area contributed by atoms with Crippen molar-refractivity contribution >= 4 is 56.8 Å². The SMILES string of the molecule is COc1ccc(-n2nc(C(C)(C)C)cc2NC(=O)Nc2ccc(Oc3ccnc(CC(=O)N(C)C)c3)c3ccccc23)cc1.[2H]CI. The van der Waals surface area contributed by atoms with Gasteiger partial charge in [0, 0.05) is 50.0 Å². The van der Waals surface area contributed by atoms with Crippen LogP contribution in [0.25, 0.3) is 16.5 Å². The van der Waals surface area contributed by atoms with Gasteiger partial charge in [0.2, 0.25) is 5.91 Å². The predicted molar refractivity (Wildman–Crippen MR) is 192 cm³/mol. The zero-order valence-electron chi connectivity index (χ0n) is 27.8. The third-order valence-corrected chi connectivity index (χ3v) is 7.02. The summed E-state index contributed by atoms with van der Waals surface area (Å²) in [6, 6.07) is 23.7. The molecule has 10 nitrogen and oxygen atoms in total. The standard InChI is InChI=1S/C34H36N6O4.CH3I/c1-34(2,3)30-21-31(40(38-30)23-11-13-24(43-6)14-12-23)37-33(42)36-28-15-16-29(27-10-8-7-9-26(27)28)44-25-17-18-35-22(19-25)20-32(41)39(4)5;1-2/h7-19,21H,20H2,1-6H3,(H2,36,37,42);1H3/i;1D. The molecule has 0 radical (unpaired) electrons. The van der Waals surface area contributed by atoms with Crippen molar-refractivity contribution in [2.45, 2.75) is 32.6 Å². The van der Waals surface area contributed by atoms with Gasteiger partial charge in [-0.1, -0.05) is 67.6 Å². The number of urea groups is 1. The van der Waals surface area contributed by atoms with Crippen LogP contribution in [0.15, 0.2) is 85.1 Å². The van der Waals surface area contributed by atoms with E-state index >= 15 is 0 Å². The molecule has 0 atom stereocenters. The molecular formula is C35H39IN6O4. The minimum atomic E-state index is -0.414. The van der Waals surface area contributed by atoms with Gasteiger partial charge in [-0.3, -0.25) is 15.1 Å². The van der Waals surface area contributed by atoms with Gasteiger partial charge in [-0.25, -0.2) is 9.48 Å². The lowest BCUT2D eigenvalue weighted by Gasteiger charge is -2.15. The maximum absolute atomic E-state index is 13.4. The van der Waals surface area contributed by atoms with E-state index in [4.69, 9.17) is 15.9 Å². The lowest BCUT2D eigenvalue weighted by Crippen LogP contribution is -2.23. The van der Waals surface area contributed by atoms with E-state index in [1.165, 1.54) is 4.90 Å². The van der Waals surface area contributed by atoms with E-state index in [0.29, 0.717) is 33.6 Å². The average molecular weight is 736 g/mol. The highest BCUT2D eigenvalue weighted by Gasteiger charge is 2.22. The number of ether oxygens (including phenoxy) is 2. The van der Waals surface area contributed by atoms with Crippen molar-refractivity contribution in [1.82, 2.24) is 19.7 Å². The molecule has 2 N–H and O–H groups in total. The lowest BCUT2D eigenvalue weighted by molar-refractivity contribution is -0.128. The van der Waals surface area contributed by atoms with Gasteiger partial charge < -0.3 is 19.7 Å². The van der Waals surface area contributed by atoms with Gasteiger partial charge in [-0.2, -0.15) is 5.10 Å². The normalized spacial score (nSPS) is 11.2. The van der Waals surface area contributed by atoms with Crippen LogP contribution in [-0.2, 0) is 16.6 Å². The van der Waals surface area contributed by atoms with Crippen LogP contribution in [-0.4, -0.2) is 57.7 Å². The highest BCUT2D eigenvalue weighted by Crippen LogP contribution is 2.35. The summed E-state index contributed by atoms with van der Waals surface area (Å²) >= 11 is 1.96. The minimum absolute atomic E-state index is 0.0458. The number of hydrogen-bond donors (Lipinski definition) is 2. The molecule has 2 heterocycles. The molecule has 0 aliphatic heterocycles. The Hall–Kier alpha value is -4.65. The topological polar surface area (TPSA) is 111 Å². The van der Waals surface area contributed by atoms with Gasteiger partial charge in [0.15, 0.2) is 0 Å². The van der Waals surface area contributed by atoms with E-state index in [2.05, 4.69) is 36.4 Å². The summed E-state index contributed by atoms with van der Waals surface area (Å²) in [6.45, 7) is 6.22. The molecule has 5 aromatic rings. The van der Waals surface area contributed by atoms with Crippen molar-refractivity contribution in [2.24, 2.45) is 0 Å². The number of nitrogens with one attached hydrogen (secondary N) is 2. The number of pyridine rings is 1. The van der Waals surface area contributed by atoms with Crippen LogP contribution in [0.2, 0.25) is 0 Å². The number of nitrogens with zero attached hydrogens (tertiary/aromatic N) is 4. The quantitative estimate of drug-likeness (QED) is 0.124. The molecular weight excluding hydrogens is 695 g/mol. The van der Waals surface area contributed by atoms with Gasteiger partial charge in [0.05, 0.1) is 36.3 Å². The maximum Gasteiger partial charge on any atom is 0.324 e. The first-order valence-electron chi connectivity index (χ1n) is 15.2. The molecule has 0 bridgehead atoms. The first-order valence-corrected chi connectivity index (χ1v) is 16.0. The third-order valence-electron chi connectivity index (χ3n) is 7.02. The Morgan fingerprint density at radius 2 is 1.65 bits per heavy atom. The Morgan fingerprint density at radius 1 is 0.957 bits per heavy atom. The zero-order valence-corrected chi connectivity index (χ0v) is 29.0. The number of likely N-dealkylation sites (N-methyl/N-ethyl adjacent to an activating group) is 1. The first kappa shape index (κ1) is 32.7. The number of carbonyl (C=O) groups is 2. The summed E-state index contributed by atoms with van der Waals surface area (Å²) in [5, 5.41) is 12.4. The van der Waals surface area contributed by atoms with Crippen molar-refractivity contribution in [3.8, 4) is 22.9 Å². The van der Waals surface area contributed by atoms with Crippen molar-refractivity contribution in [3.05, 3.63) is 96.4 Å². The fraction of sp³-hybridized carbons (Fsp3) is 0.257. The molecule has 0 aliphatic carbocycles. The summed E-state index contributed by atoms with van der Waals surface area (Å²) < 4.78 is 19.4. The third kappa shape index (κ3) is 8.33. The molecule has 2 aromatic heterocycles. The average Bonchev–Trinajstić information content (AvgIpc) is 3.47. The van der Waals surface area contributed by atoms with E-state index in [-0.39, 0.29) is 17.7 Å².